The number of carbonyl (C=O) groups is 1. The molecule has 1 atom stereocenters. The van der Waals surface area contributed by atoms with Crippen molar-refractivity contribution in [1.82, 2.24) is 5.32 Å². The normalized spacial score (nSPS) is 13.8. The molecule has 0 spiro atoms. The Bertz CT molecular complexity index is 475. The SMILES string of the molecule is COc1ccc(NC(=O)NCC(C)(O)C(C)C)cc1Cl. The Kier molecular flexibility index (Phi) is 5.65. The van der Waals surface area contributed by atoms with Crippen molar-refractivity contribution in [3.8, 4) is 5.75 Å². The fourth-order valence-corrected chi connectivity index (χ4v) is 1.64. The van der Waals surface area contributed by atoms with Gasteiger partial charge in [0.05, 0.1) is 17.7 Å². The lowest BCUT2D eigenvalue weighted by Gasteiger charge is -2.27. The Balaban J connectivity index is 2.57. The molecule has 6 heteroatoms. The zero-order valence-corrected chi connectivity index (χ0v) is 12.9. The van der Waals surface area contributed by atoms with Gasteiger partial charge in [-0.05, 0) is 31.0 Å². The molecule has 1 unspecified atom stereocenters. The number of halogens is 1. The number of benzene rings is 1. The van der Waals surface area contributed by atoms with Crippen molar-refractivity contribution in [2.75, 3.05) is 19.0 Å². The third-order valence-corrected chi connectivity index (χ3v) is 3.56. The van der Waals surface area contributed by atoms with Gasteiger partial charge >= 0.3 is 6.03 Å². The van der Waals surface area contributed by atoms with Gasteiger partial charge in [-0.2, -0.15) is 0 Å². The van der Waals surface area contributed by atoms with Crippen molar-refractivity contribution in [1.29, 1.82) is 0 Å². The second kappa shape index (κ2) is 6.81. The number of anilines is 1. The third kappa shape index (κ3) is 4.58. The Morgan fingerprint density at radius 1 is 1.50 bits per heavy atom. The van der Waals surface area contributed by atoms with E-state index >= 15 is 0 Å². The minimum atomic E-state index is -0.950. The first-order valence-electron chi connectivity index (χ1n) is 6.37. The minimum absolute atomic E-state index is 0.0400. The number of hydrogen-bond acceptors (Lipinski definition) is 3. The number of rotatable bonds is 5. The highest BCUT2D eigenvalue weighted by atomic mass is 35.5. The fraction of sp³-hybridized carbons (Fsp3) is 0.500. The Morgan fingerprint density at radius 2 is 2.15 bits per heavy atom. The zero-order chi connectivity index (χ0) is 15.3. The highest BCUT2D eigenvalue weighted by Crippen LogP contribution is 2.27. The summed E-state index contributed by atoms with van der Waals surface area (Å²) in [7, 11) is 1.52. The average molecular weight is 301 g/mol. The van der Waals surface area contributed by atoms with Crippen molar-refractivity contribution < 1.29 is 14.6 Å². The number of ether oxygens (including phenoxy) is 1. The van der Waals surface area contributed by atoms with Crippen LogP contribution in [-0.4, -0.2) is 30.4 Å². The van der Waals surface area contributed by atoms with Crippen molar-refractivity contribution in [3.63, 3.8) is 0 Å². The molecule has 1 rings (SSSR count). The van der Waals surface area contributed by atoms with Gasteiger partial charge in [-0.25, -0.2) is 4.79 Å². The molecule has 0 saturated carbocycles. The molecular weight excluding hydrogens is 280 g/mol. The van der Waals surface area contributed by atoms with Crippen LogP contribution < -0.4 is 15.4 Å². The van der Waals surface area contributed by atoms with E-state index in [0.29, 0.717) is 16.5 Å². The maximum Gasteiger partial charge on any atom is 0.319 e. The monoisotopic (exact) mass is 300 g/mol. The van der Waals surface area contributed by atoms with Gasteiger partial charge in [-0.3, -0.25) is 0 Å². The van der Waals surface area contributed by atoms with Crippen LogP contribution in [0.1, 0.15) is 20.8 Å². The van der Waals surface area contributed by atoms with E-state index < -0.39 is 11.6 Å². The number of aliphatic hydroxyl groups is 1. The second-order valence-corrected chi connectivity index (χ2v) is 5.58. The maximum absolute atomic E-state index is 11.7. The highest BCUT2D eigenvalue weighted by molar-refractivity contribution is 6.32. The largest absolute Gasteiger partial charge is 0.495 e. The number of nitrogens with one attached hydrogen (secondary N) is 2. The van der Waals surface area contributed by atoms with Gasteiger partial charge < -0.3 is 20.5 Å². The van der Waals surface area contributed by atoms with Crippen molar-refractivity contribution in [2.24, 2.45) is 5.92 Å². The molecule has 0 bridgehead atoms. The lowest BCUT2D eigenvalue weighted by atomic mass is 9.93. The van der Waals surface area contributed by atoms with Gasteiger partial charge in [-0.15, -0.1) is 0 Å². The summed E-state index contributed by atoms with van der Waals surface area (Å²) < 4.78 is 5.03. The van der Waals surface area contributed by atoms with Gasteiger partial charge in [0.15, 0.2) is 0 Å². The quantitative estimate of drug-likeness (QED) is 0.783. The molecule has 2 amide bonds. The van der Waals surface area contributed by atoms with Crippen LogP contribution in [0.3, 0.4) is 0 Å². The van der Waals surface area contributed by atoms with E-state index in [-0.39, 0.29) is 12.5 Å². The lowest BCUT2D eigenvalue weighted by Crippen LogP contribution is -2.45. The van der Waals surface area contributed by atoms with Gasteiger partial charge in [0.25, 0.3) is 0 Å². The molecule has 1 aromatic carbocycles. The van der Waals surface area contributed by atoms with Gasteiger partial charge in [0.1, 0.15) is 5.75 Å². The molecule has 112 valence electrons. The van der Waals surface area contributed by atoms with E-state index in [1.54, 1.807) is 25.1 Å². The molecule has 0 saturated heterocycles. The maximum atomic E-state index is 11.7. The van der Waals surface area contributed by atoms with E-state index in [1.807, 2.05) is 13.8 Å². The van der Waals surface area contributed by atoms with E-state index in [9.17, 15) is 9.90 Å². The summed E-state index contributed by atoms with van der Waals surface area (Å²) in [6.07, 6.45) is 0. The summed E-state index contributed by atoms with van der Waals surface area (Å²) in [5, 5.41) is 15.7. The second-order valence-electron chi connectivity index (χ2n) is 5.17. The van der Waals surface area contributed by atoms with Crippen LogP contribution in [0, 0.1) is 5.92 Å². The Hall–Kier alpha value is -1.46. The van der Waals surface area contributed by atoms with Crippen LogP contribution in [-0.2, 0) is 0 Å². The van der Waals surface area contributed by atoms with E-state index in [0.717, 1.165) is 0 Å². The zero-order valence-electron chi connectivity index (χ0n) is 12.2. The minimum Gasteiger partial charge on any atom is -0.495 e. The predicted molar refractivity (Wildman–Crippen MR) is 80.5 cm³/mol. The van der Waals surface area contributed by atoms with E-state index in [2.05, 4.69) is 10.6 Å². The number of methoxy groups -OCH3 is 1. The first-order chi connectivity index (χ1) is 9.26. The van der Waals surface area contributed by atoms with Crippen LogP contribution in [0.5, 0.6) is 5.75 Å². The average Bonchev–Trinajstić information content (AvgIpc) is 2.36. The van der Waals surface area contributed by atoms with Gasteiger partial charge in [-0.1, -0.05) is 25.4 Å². The summed E-state index contributed by atoms with van der Waals surface area (Å²) in [4.78, 5) is 11.7. The molecule has 0 aliphatic heterocycles. The first-order valence-corrected chi connectivity index (χ1v) is 6.75. The summed E-state index contributed by atoms with van der Waals surface area (Å²) in [6.45, 7) is 5.63. The summed E-state index contributed by atoms with van der Waals surface area (Å²) in [5.74, 6) is 0.582. The van der Waals surface area contributed by atoms with Crippen LogP contribution in [0.15, 0.2) is 18.2 Å². The van der Waals surface area contributed by atoms with Crippen molar-refractivity contribution >= 4 is 23.3 Å². The molecule has 0 heterocycles. The third-order valence-electron chi connectivity index (χ3n) is 3.26. The van der Waals surface area contributed by atoms with Crippen LogP contribution >= 0.6 is 11.6 Å². The Morgan fingerprint density at radius 3 is 2.65 bits per heavy atom. The number of amides is 2. The van der Waals surface area contributed by atoms with E-state index in [1.165, 1.54) is 7.11 Å². The first kappa shape index (κ1) is 16.6. The number of carbonyl (C=O) groups excluding carboxylic acids is 1. The van der Waals surface area contributed by atoms with Crippen LogP contribution in [0.2, 0.25) is 5.02 Å². The van der Waals surface area contributed by atoms with Crippen LogP contribution in [0.4, 0.5) is 10.5 Å². The molecule has 5 nitrogen and oxygen atoms in total. The topological polar surface area (TPSA) is 70.6 Å². The molecule has 1 aromatic rings. The fourth-order valence-electron chi connectivity index (χ4n) is 1.38. The lowest BCUT2D eigenvalue weighted by molar-refractivity contribution is 0.0170. The Labute approximate surface area is 124 Å². The molecule has 3 N–H and O–H groups in total. The molecule has 0 fully saturated rings. The molecular formula is C14H21ClN2O3. The highest BCUT2D eigenvalue weighted by Gasteiger charge is 2.25. The summed E-state index contributed by atoms with van der Waals surface area (Å²) in [6, 6.07) is 4.56. The molecule has 0 aliphatic rings. The van der Waals surface area contributed by atoms with Gasteiger partial charge in [0, 0.05) is 12.2 Å². The number of urea groups is 1. The summed E-state index contributed by atoms with van der Waals surface area (Å²) in [5.41, 5.74) is -0.396. The smallest absolute Gasteiger partial charge is 0.319 e. The number of hydrogen-bond donors (Lipinski definition) is 3. The standard InChI is InChI=1S/C14H21ClN2O3/c1-9(2)14(3,19)8-16-13(18)17-10-5-6-12(20-4)11(15)7-10/h5-7,9,19H,8H2,1-4H3,(H2,16,17,18). The van der Waals surface area contributed by atoms with E-state index in [4.69, 9.17) is 16.3 Å². The molecule has 0 radical (unpaired) electrons. The molecule has 20 heavy (non-hydrogen) atoms. The van der Waals surface area contributed by atoms with Crippen molar-refractivity contribution in [2.45, 2.75) is 26.4 Å². The van der Waals surface area contributed by atoms with Gasteiger partial charge in [0.2, 0.25) is 0 Å². The predicted octanol–water partition coefficient (Wildman–Crippen LogP) is 2.88. The molecule has 0 aromatic heterocycles. The molecule has 0 aliphatic carbocycles. The summed E-state index contributed by atoms with van der Waals surface area (Å²) >= 11 is 5.97. The van der Waals surface area contributed by atoms with Crippen molar-refractivity contribution in [3.05, 3.63) is 23.2 Å². The van der Waals surface area contributed by atoms with Crippen LogP contribution in [0.25, 0.3) is 0 Å².